The molecule has 6 nitrogen and oxygen atoms in total. The van der Waals surface area contributed by atoms with E-state index < -0.39 is 0 Å². The highest BCUT2D eigenvalue weighted by molar-refractivity contribution is 5.76. The van der Waals surface area contributed by atoms with E-state index in [1.165, 1.54) is 0 Å². The molecule has 0 unspecified atom stereocenters. The summed E-state index contributed by atoms with van der Waals surface area (Å²) in [5.41, 5.74) is 4.23. The van der Waals surface area contributed by atoms with Crippen LogP contribution in [-0.4, -0.2) is 22.1 Å². The minimum atomic E-state index is -0.260. The minimum absolute atomic E-state index is 0.148. The molecule has 1 aliphatic heterocycles. The highest BCUT2D eigenvalue weighted by atomic mass is 16.5. The molecule has 0 aliphatic carbocycles. The number of nitrogens with zero attached hydrogens (tertiary/aromatic N) is 2. The number of hydrogen-bond donors (Lipinski definition) is 1. The van der Waals surface area contributed by atoms with Crippen molar-refractivity contribution >= 4 is 6.03 Å². The maximum Gasteiger partial charge on any atom is 0.318 e. The van der Waals surface area contributed by atoms with Gasteiger partial charge in [0, 0.05) is 11.9 Å². The summed E-state index contributed by atoms with van der Waals surface area (Å²) < 4.78 is 13.2. The zero-order chi connectivity index (χ0) is 21.9. The van der Waals surface area contributed by atoms with Crippen molar-refractivity contribution in [2.24, 2.45) is 0 Å². The summed E-state index contributed by atoms with van der Waals surface area (Å²) in [6.45, 7) is 3.40. The van der Waals surface area contributed by atoms with Crippen molar-refractivity contribution in [2.75, 3.05) is 6.61 Å². The largest absolute Gasteiger partial charge is 0.494 e. The van der Waals surface area contributed by atoms with Gasteiger partial charge < -0.3 is 23.9 Å². The van der Waals surface area contributed by atoms with Crippen LogP contribution in [0, 0.1) is 0 Å². The van der Waals surface area contributed by atoms with E-state index in [4.69, 9.17) is 9.15 Å². The van der Waals surface area contributed by atoms with Gasteiger partial charge in [-0.05, 0) is 60.5 Å². The van der Waals surface area contributed by atoms with E-state index in [9.17, 15) is 4.79 Å². The molecule has 0 saturated heterocycles. The van der Waals surface area contributed by atoms with Gasteiger partial charge in [0.15, 0.2) is 0 Å². The van der Waals surface area contributed by atoms with Crippen LogP contribution in [0.1, 0.15) is 35.5 Å². The van der Waals surface area contributed by atoms with Gasteiger partial charge in [-0.25, -0.2) is 4.79 Å². The molecule has 32 heavy (non-hydrogen) atoms. The number of nitrogens with one attached hydrogen (secondary N) is 1. The molecule has 1 atom stereocenters. The SMILES string of the molecule is CCOc1ccc([C@H]2c3cccn3-c3ccccc3CN2C(=O)NCc2ccco2)cc1. The zero-order valence-corrected chi connectivity index (χ0v) is 17.9. The summed E-state index contributed by atoms with van der Waals surface area (Å²) in [4.78, 5) is 15.4. The van der Waals surface area contributed by atoms with Crippen LogP contribution in [0.5, 0.6) is 5.75 Å². The third-order valence-electron chi connectivity index (χ3n) is 5.73. The Bertz CT molecular complexity index is 1200. The molecule has 6 heteroatoms. The smallest absolute Gasteiger partial charge is 0.318 e. The Balaban J connectivity index is 1.56. The van der Waals surface area contributed by atoms with Crippen LogP contribution in [0.15, 0.2) is 89.7 Å². The van der Waals surface area contributed by atoms with Gasteiger partial charge in [-0.15, -0.1) is 0 Å². The fraction of sp³-hybridized carbons (Fsp3) is 0.192. The first-order chi connectivity index (χ1) is 15.7. The van der Waals surface area contributed by atoms with Crippen molar-refractivity contribution in [3.8, 4) is 11.4 Å². The Labute approximate surface area is 187 Å². The van der Waals surface area contributed by atoms with Crippen LogP contribution in [0.4, 0.5) is 4.79 Å². The molecule has 0 bridgehead atoms. The number of fused-ring (bicyclic) bond motifs is 3. The number of aromatic nitrogens is 1. The molecule has 0 radical (unpaired) electrons. The zero-order valence-electron chi connectivity index (χ0n) is 17.9. The molecule has 2 aromatic carbocycles. The topological polar surface area (TPSA) is 59.6 Å². The third kappa shape index (κ3) is 3.75. The molecular weight excluding hydrogens is 402 g/mol. The predicted molar refractivity (Wildman–Crippen MR) is 122 cm³/mol. The Morgan fingerprint density at radius 1 is 1.06 bits per heavy atom. The van der Waals surface area contributed by atoms with Crippen molar-refractivity contribution in [1.29, 1.82) is 0 Å². The number of carbonyl (C=O) groups is 1. The minimum Gasteiger partial charge on any atom is -0.494 e. The standard InChI is InChI=1S/C26H25N3O3/c1-2-31-21-13-11-19(12-14-21)25-24-10-5-15-28(24)23-9-4-3-7-20(23)18-29(25)26(30)27-17-22-8-6-16-32-22/h3-16,25H,2,17-18H2,1H3,(H,27,30)/t25-/m0/s1. The van der Waals surface area contributed by atoms with E-state index in [-0.39, 0.29) is 12.1 Å². The number of ether oxygens (including phenoxy) is 1. The van der Waals surface area contributed by atoms with E-state index in [0.717, 1.165) is 34.0 Å². The second-order valence-corrected chi connectivity index (χ2v) is 7.70. The molecular formula is C26H25N3O3. The van der Waals surface area contributed by atoms with Gasteiger partial charge in [0.25, 0.3) is 0 Å². The van der Waals surface area contributed by atoms with Crippen LogP contribution in [0.3, 0.4) is 0 Å². The number of benzene rings is 2. The quantitative estimate of drug-likeness (QED) is 0.471. The van der Waals surface area contributed by atoms with Crippen LogP contribution < -0.4 is 10.1 Å². The number of urea groups is 1. The third-order valence-corrected chi connectivity index (χ3v) is 5.73. The maximum atomic E-state index is 13.5. The molecule has 0 saturated carbocycles. The fourth-order valence-electron chi connectivity index (χ4n) is 4.28. The van der Waals surface area contributed by atoms with Crippen LogP contribution in [0.2, 0.25) is 0 Å². The Morgan fingerprint density at radius 3 is 2.69 bits per heavy atom. The van der Waals surface area contributed by atoms with E-state index in [2.05, 4.69) is 34.3 Å². The maximum absolute atomic E-state index is 13.5. The molecule has 3 heterocycles. The van der Waals surface area contributed by atoms with Crippen molar-refractivity contribution in [3.05, 3.63) is 108 Å². The van der Waals surface area contributed by atoms with E-state index in [0.29, 0.717) is 19.7 Å². The molecule has 2 amide bonds. The highest BCUT2D eigenvalue weighted by Crippen LogP contribution is 2.37. The van der Waals surface area contributed by atoms with E-state index >= 15 is 0 Å². The van der Waals surface area contributed by atoms with Crippen LogP contribution >= 0.6 is 0 Å². The summed E-state index contributed by atoms with van der Waals surface area (Å²) in [6, 6.07) is 23.6. The normalized spacial score (nSPS) is 14.9. The second kappa shape index (κ2) is 8.67. The Morgan fingerprint density at radius 2 is 1.91 bits per heavy atom. The predicted octanol–water partition coefficient (Wildman–Crippen LogP) is 5.28. The van der Waals surface area contributed by atoms with Crippen LogP contribution in [0.25, 0.3) is 5.69 Å². The van der Waals surface area contributed by atoms with Crippen LogP contribution in [-0.2, 0) is 13.1 Å². The number of rotatable bonds is 5. The number of furan rings is 1. The van der Waals surface area contributed by atoms with E-state index in [1.807, 2.05) is 66.4 Å². The molecule has 162 valence electrons. The first-order valence-corrected chi connectivity index (χ1v) is 10.8. The molecule has 0 fully saturated rings. The number of para-hydroxylation sites is 1. The summed E-state index contributed by atoms with van der Waals surface area (Å²) in [5, 5.41) is 3.03. The van der Waals surface area contributed by atoms with Gasteiger partial charge >= 0.3 is 6.03 Å². The number of hydrogen-bond acceptors (Lipinski definition) is 3. The summed E-state index contributed by atoms with van der Waals surface area (Å²) in [5.74, 6) is 1.53. The molecule has 5 rings (SSSR count). The fourth-order valence-corrected chi connectivity index (χ4v) is 4.28. The first-order valence-electron chi connectivity index (χ1n) is 10.8. The molecule has 4 aromatic rings. The average molecular weight is 428 g/mol. The molecule has 1 aliphatic rings. The van der Waals surface area contributed by atoms with Gasteiger partial charge in [-0.1, -0.05) is 30.3 Å². The molecule has 1 N–H and O–H groups in total. The average Bonchev–Trinajstić information content (AvgIpc) is 3.49. The first kappa shape index (κ1) is 20.0. The molecule has 2 aromatic heterocycles. The highest BCUT2D eigenvalue weighted by Gasteiger charge is 2.32. The van der Waals surface area contributed by atoms with Gasteiger partial charge in [0.2, 0.25) is 0 Å². The lowest BCUT2D eigenvalue weighted by molar-refractivity contribution is 0.179. The van der Waals surface area contributed by atoms with Crippen molar-refractivity contribution < 1.29 is 13.9 Å². The monoisotopic (exact) mass is 427 g/mol. The second-order valence-electron chi connectivity index (χ2n) is 7.70. The van der Waals surface area contributed by atoms with Crippen molar-refractivity contribution in [1.82, 2.24) is 14.8 Å². The summed E-state index contributed by atoms with van der Waals surface area (Å²) in [7, 11) is 0. The number of carbonyl (C=O) groups excluding carboxylic acids is 1. The molecule has 0 spiro atoms. The summed E-state index contributed by atoms with van der Waals surface area (Å²) >= 11 is 0. The van der Waals surface area contributed by atoms with Crippen molar-refractivity contribution in [2.45, 2.75) is 26.1 Å². The Kier molecular flexibility index (Phi) is 5.42. The van der Waals surface area contributed by atoms with Crippen molar-refractivity contribution in [3.63, 3.8) is 0 Å². The number of amides is 2. The van der Waals surface area contributed by atoms with Gasteiger partial charge in [-0.3, -0.25) is 0 Å². The van der Waals surface area contributed by atoms with Gasteiger partial charge in [0.1, 0.15) is 11.5 Å². The van der Waals surface area contributed by atoms with E-state index in [1.54, 1.807) is 6.26 Å². The lowest BCUT2D eigenvalue weighted by Gasteiger charge is -2.31. The van der Waals surface area contributed by atoms with Gasteiger partial charge in [-0.2, -0.15) is 0 Å². The lowest BCUT2D eigenvalue weighted by atomic mass is 10.0. The Hall–Kier alpha value is -3.93. The summed E-state index contributed by atoms with van der Waals surface area (Å²) in [6.07, 6.45) is 3.67. The lowest BCUT2D eigenvalue weighted by Crippen LogP contribution is -2.41. The van der Waals surface area contributed by atoms with Gasteiger partial charge in [0.05, 0.1) is 37.7 Å².